The van der Waals surface area contributed by atoms with Crippen molar-refractivity contribution in [2.45, 2.75) is 13.5 Å². The number of aryl methyl sites for hydroxylation is 1. The van der Waals surface area contributed by atoms with Crippen LogP contribution >= 0.6 is 0 Å². The number of carbonyl (C=O) groups excluding carboxylic acids is 1. The van der Waals surface area contributed by atoms with Crippen molar-refractivity contribution in [2.75, 3.05) is 0 Å². The Hall–Kier alpha value is -3.16. The molecule has 0 atom stereocenters. The van der Waals surface area contributed by atoms with Gasteiger partial charge >= 0.3 is 0 Å². The van der Waals surface area contributed by atoms with Crippen LogP contribution in [0.25, 0.3) is 5.82 Å². The van der Waals surface area contributed by atoms with Crippen LogP contribution in [-0.4, -0.2) is 35.6 Å². The molecule has 0 spiro atoms. The molecule has 1 N–H and O–H groups in total. The highest BCUT2D eigenvalue weighted by atomic mass is 16.1. The molecule has 0 aliphatic carbocycles. The molecule has 0 saturated carbocycles. The minimum Gasteiger partial charge on any atom is -0.346 e. The van der Waals surface area contributed by atoms with E-state index in [-0.39, 0.29) is 11.6 Å². The number of nitrogens with one attached hydrogen (secondary N) is 1. The zero-order valence-corrected chi connectivity index (χ0v) is 11.8. The van der Waals surface area contributed by atoms with Crippen LogP contribution in [0.2, 0.25) is 0 Å². The predicted molar refractivity (Wildman–Crippen MR) is 77.1 cm³/mol. The Kier molecular flexibility index (Phi) is 3.82. The average Bonchev–Trinajstić information content (AvgIpc) is 3.08. The number of amides is 1. The van der Waals surface area contributed by atoms with Gasteiger partial charge in [-0.1, -0.05) is 6.07 Å². The molecule has 8 heteroatoms. The van der Waals surface area contributed by atoms with Crippen LogP contribution in [0.1, 0.15) is 21.7 Å². The van der Waals surface area contributed by atoms with Gasteiger partial charge in [-0.15, -0.1) is 0 Å². The minimum atomic E-state index is -0.291. The van der Waals surface area contributed by atoms with Gasteiger partial charge in [0.05, 0.1) is 11.9 Å². The largest absolute Gasteiger partial charge is 0.346 e. The van der Waals surface area contributed by atoms with E-state index in [1.54, 1.807) is 29.5 Å². The standard InChI is InChI=1S/C14H13N7O/c1-10-5-18-12(7-17-10)14(22)19-6-11-3-2-4-16-13(11)21-9-15-8-20-21/h2-5,7-9H,6H2,1H3,(H,19,22). The number of nitrogens with zero attached hydrogens (tertiary/aromatic N) is 6. The van der Waals surface area contributed by atoms with Crippen LogP contribution in [-0.2, 0) is 6.54 Å². The first-order valence-corrected chi connectivity index (χ1v) is 6.60. The van der Waals surface area contributed by atoms with E-state index in [9.17, 15) is 4.79 Å². The second kappa shape index (κ2) is 6.08. The second-order valence-electron chi connectivity index (χ2n) is 4.55. The van der Waals surface area contributed by atoms with Gasteiger partial charge in [0.25, 0.3) is 5.91 Å². The highest BCUT2D eigenvalue weighted by molar-refractivity contribution is 5.91. The molecule has 3 aromatic heterocycles. The van der Waals surface area contributed by atoms with Crippen LogP contribution in [0.5, 0.6) is 0 Å². The smallest absolute Gasteiger partial charge is 0.271 e. The molecule has 0 aliphatic rings. The summed E-state index contributed by atoms with van der Waals surface area (Å²) in [6.07, 6.45) is 7.65. The van der Waals surface area contributed by atoms with Gasteiger partial charge < -0.3 is 5.32 Å². The molecule has 1 amide bonds. The maximum atomic E-state index is 12.1. The molecule has 0 saturated heterocycles. The van der Waals surface area contributed by atoms with Crippen LogP contribution < -0.4 is 5.32 Å². The fourth-order valence-electron chi connectivity index (χ4n) is 1.87. The van der Waals surface area contributed by atoms with E-state index in [0.29, 0.717) is 12.4 Å². The summed E-state index contributed by atoms with van der Waals surface area (Å²) in [6.45, 7) is 2.12. The van der Waals surface area contributed by atoms with E-state index in [4.69, 9.17) is 0 Å². The molecule has 8 nitrogen and oxygen atoms in total. The number of rotatable bonds is 4. The van der Waals surface area contributed by atoms with Gasteiger partial charge in [0.15, 0.2) is 5.82 Å². The van der Waals surface area contributed by atoms with Gasteiger partial charge in [0.1, 0.15) is 18.3 Å². The van der Waals surface area contributed by atoms with Gasteiger partial charge in [-0.3, -0.25) is 9.78 Å². The summed E-state index contributed by atoms with van der Waals surface area (Å²) < 4.78 is 1.55. The Morgan fingerprint density at radius 2 is 2.18 bits per heavy atom. The van der Waals surface area contributed by atoms with Gasteiger partial charge in [0, 0.05) is 24.5 Å². The monoisotopic (exact) mass is 295 g/mol. The summed E-state index contributed by atoms with van der Waals surface area (Å²) in [5.41, 5.74) is 1.86. The number of aromatic nitrogens is 6. The van der Waals surface area contributed by atoms with Gasteiger partial charge in [0.2, 0.25) is 0 Å². The summed E-state index contributed by atoms with van der Waals surface area (Å²) in [5.74, 6) is 0.330. The molecule has 0 aromatic carbocycles. The van der Waals surface area contributed by atoms with Crippen molar-refractivity contribution >= 4 is 5.91 Å². The lowest BCUT2D eigenvalue weighted by Gasteiger charge is -2.09. The van der Waals surface area contributed by atoms with Crippen molar-refractivity contribution < 1.29 is 4.79 Å². The normalized spacial score (nSPS) is 10.4. The third kappa shape index (κ3) is 2.95. The average molecular weight is 295 g/mol. The van der Waals surface area contributed by atoms with E-state index in [1.807, 2.05) is 13.0 Å². The first-order valence-electron chi connectivity index (χ1n) is 6.60. The molecule has 110 valence electrons. The first-order chi connectivity index (χ1) is 10.7. The van der Waals surface area contributed by atoms with Gasteiger partial charge in [-0.05, 0) is 13.0 Å². The number of hydrogen-bond acceptors (Lipinski definition) is 6. The molecule has 0 unspecified atom stereocenters. The summed E-state index contributed by atoms with van der Waals surface area (Å²) in [7, 11) is 0. The molecular formula is C14H13N7O. The molecule has 3 rings (SSSR count). The SMILES string of the molecule is Cc1cnc(C(=O)NCc2cccnc2-n2cncn2)cn1. The van der Waals surface area contributed by atoms with Crippen LogP contribution in [0.4, 0.5) is 0 Å². The molecule has 22 heavy (non-hydrogen) atoms. The summed E-state index contributed by atoms with van der Waals surface area (Å²) in [5, 5.41) is 6.84. The van der Waals surface area contributed by atoms with Crippen LogP contribution in [0.3, 0.4) is 0 Å². The van der Waals surface area contributed by atoms with Crippen molar-refractivity contribution in [1.29, 1.82) is 0 Å². The van der Waals surface area contributed by atoms with Crippen molar-refractivity contribution in [3.05, 3.63) is 60.3 Å². The lowest BCUT2D eigenvalue weighted by Crippen LogP contribution is -2.25. The topological polar surface area (TPSA) is 98.5 Å². The fraction of sp³-hybridized carbons (Fsp3) is 0.143. The zero-order chi connectivity index (χ0) is 15.4. The lowest BCUT2D eigenvalue weighted by atomic mass is 10.2. The molecular weight excluding hydrogens is 282 g/mol. The van der Waals surface area contributed by atoms with E-state index in [0.717, 1.165) is 11.3 Å². The van der Waals surface area contributed by atoms with E-state index in [1.165, 1.54) is 12.5 Å². The fourth-order valence-corrected chi connectivity index (χ4v) is 1.87. The highest BCUT2D eigenvalue weighted by Crippen LogP contribution is 2.09. The number of carbonyl (C=O) groups is 1. The Morgan fingerprint density at radius 1 is 1.27 bits per heavy atom. The first kappa shape index (κ1) is 13.8. The van der Waals surface area contributed by atoms with Gasteiger partial charge in [-0.25, -0.2) is 19.6 Å². The van der Waals surface area contributed by atoms with Crippen LogP contribution in [0.15, 0.2) is 43.4 Å². The second-order valence-corrected chi connectivity index (χ2v) is 4.55. The summed E-state index contributed by atoms with van der Waals surface area (Å²) >= 11 is 0. The molecule has 3 heterocycles. The maximum Gasteiger partial charge on any atom is 0.271 e. The Morgan fingerprint density at radius 3 is 2.91 bits per heavy atom. The van der Waals surface area contributed by atoms with Crippen molar-refractivity contribution in [3.8, 4) is 5.82 Å². The molecule has 0 radical (unpaired) electrons. The Balaban J connectivity index is 1.74. The Bertz CT molecular complexity index is 768. The minimum absolute atomic E-state index is 0.275. The van der Waals surface area contributed by atoms with Crippen molar-refractivity contribution in [3.63, 3.8) is 0 Å². The zero-order valence-electron chi connectivity index (χ0n) is 11.8. The molecule has 0 aliphatic heterocycles. The molecule has 3 aromatic rings. The van der Waals surface area contributed by atoms with E-state index < -0.39 is 0 Å². The van der Waals surface area contributed by atoms with Crippen molar-refractivity contribution in [1.82, 2.24) is 35.0 Å². The molecule has 0 fully saturated rings. The Labute approximate surface area is 126 Å². The van der Waals surface area contributed by atoms with Crippen molar-refractivity contribution in [2.24, 2.45) is 0 Å². The number of pyridine rings is 1. The van der Waals surface area contributed by atoms with Crippen LogP contribution in [0, 0.1) is 6.92 Å². The maximum absolute atomic E-state index is 12.1. The highest BCUT2D eigenvalue weighted by Gasteiger charge is 2.10. The predicted octanol–water partition coefficient (Wildman–Crippen LogP) is 0.691. The summed E-state index contributed by atoms with van der Waals surface area (Å²) in [4.78, 5) is 28.3. The van der Waals surface area contributed by atoms with E-state index in [2.05, 4.69) is 30.4 Å². The number of hydrogen-bond donors (Lipinski definition) is 1. The third-order valence-electron chi connectivity index (χ3n) is 2.96. The lowest BCUT2D eigenvalue weighted by molar-refractivity contribution is 0.0945. The summed E-state index contributed by atoms with van der Waals surface area (Å²) in [6, 6.07) is 3.67. The third-order valence-corrected chi connectivity index (χ3v) is 2.96. The van der Waals surface area contributed by atoms with Gasteiger partial charge in [-0.2, -0.15) is 5.10 Å². The van der Waals surface area contributed by atoms with E-state index >= 15 is 0 Å². The molecule has 0 bridgehead atoms. The quantitative estimate of drug-likeness (QED) is 0.760.